The molecule has 1 aliphatic carbocycles. The highest BCUT2D eigenvalue weighted by Gasteiger charge is 2.34. The monoisotopic (exact) mass is 377 g/mol. The van der Waals surface area contributed by atoms with Gasteiger partial charge in [0.05, 0.1) is 10.7 Å². The molecule has 1 aliphatic heterocycles. The van der Waals surface area contributed by atoms with Crippen molar-refractivity contribution < 1.29 is 4.79 Å². The van der Waals surface area contributed by atoms with Crippen molar-refractivity contribution in [1.29, 1.82) is 0 Å². The van der Waals surface area contributed by atoms with E-state index >= 15 is 0 Å². The molecule has 1 saturated heterocycles. The number of amides is 1. The summed E-state index contributed by atoms with van der Waals surface area (Å²) in [4.78, 5) is 24.4. The zero-order valence-electron chi connectivity index (χ0n) is 15.5. The van der Waals surface area contributed by atoms with Gasteiger partial charge in [-0.05, 0) is 61.3 Å². The molecule has 0 bridgehead atoms. The molecule has 2 atom stereocenters. The van der Waals surface area contributed by atoms with E-state index in [2.05, 4.69) is 47.1 Å². The van der Waals surface area contributed by atoms with Gasteiger partial charge in [0.15, 0.2) is 5.65 Å². The molecule has 3 heterocycles. The van der Waals surface area contributed by atoms with Gasteiger partial charge in [0.1, 0.15) is 5.01 Å². The SMILES string of the molecule is Cc1cnc2nc([C@H]3CCCN3C(=O)C[C@@H]3CCc4ccccc43)sc2c1. The van der Waals surface area contributed by atoms with Gasteiger partial charge < -0.3 is 4.90 Å². The van der Waals surface area contributed by atoms with E-state index in [1.165, 1.54) is 11.1 Å². The third-order valence-electron chi connectivity index (χ3n) is 5.94. The van der Waals surface area contributed by atoms with Crippen molar-refractivity contribution in [2.75, 3.05) is 6.54 Å². The molecule has 4 nitrogen and oxygen atoms in total. The summed E-state index contributed by atoms with van der Waals surface area (Å²) in [6.07, 6.45) is 6.73. The molecule has 138 valence electrons. The number of nitrogens with zero attached hydrogens (tertiary/aromatic N) is 3. The number of hydrogen-bond donors (Lipinski definition) is 0. The summed E-state index contributed by atoms with van der Waals surface area (Å²) >= 11 is 1.69. The largest absolute Gasteiger partial charge is 0.333 e. The second kappa shape index (κ2) is 6.71. The first kappa shape index (κ1) is 16.9. The Balaban J connectivity index is 1.37. The highest BCUT2D eigenvalue weighted by atomic mass is 32.1. The van der Waals surface area contributed by atoms with E-state index in [1.54, 1.807) is 11.3 Å². The van der Waals surface area contributed by atoms with Crippen LogP contribution in [0.4, 0.5) is 0 Å². The normalized spacial score (nSPS) is 21.7. The molecule has 0 N–H and O–H groups in total. The highest BCUT2D eigenvalue weighted by Crippen LogP contribution is 2.40. The van der Waals surface area contributed by atoms with Crippen molar-refractivity contribution in [3.63, 3.8) is 0 Å². The summed E-state index contributed by atoms with van der Waals surface area (Å²) in [5, 5.41) is 1.04. The predicted octanol–water partition coefficient (Wildman–Crippen LogP) is 4.78. The molecule has 0 unspecified atom stereocenters. The molecule has 1 aromatic carbocycles. The molecule has 3 aromatic rings. The van der Waals surface area contributed by atoms with Gasteiger partial charge in [-0.3, -0.25) is 4.79 Å². The topological polar surface area (TPSA) is 46.1 Å². The maximum Gasteiger partial charge on any atom is 0.223 e. The molecule has 2 aliphatic rings. The van der Waals surface area contributed by atoms with Crippen LogP contribution in [0.5, 0.6) is 0 Å². The van der Waals surface area contributed by atoms with Crippen LogP contribution in [-0.2, 0) is 11.2 Å². The van der Waals surface area contributed by atoms with Crippen LogP contribution in [0.1, 0.15) is 59.3 Å². The Labute approximate surface area is 163 Å². The average molecular weight is 378 g/mol. The van der Waals surface area contributed by atoms with Gasteiger partial charge in [0.2, 0.25) is 5.91 Å². The molecular weight excluding hydrogens is 354 g/mol. The van der Waals surface area contributed by atoms with E-state index in [-0.39, 0.29) is 11.9 Å². The quantitative estimate of drug-likeness (QED) is 0.660. The number of thiazole rings is 1. The van der Waals surface area contributed by atoms with E-state index in [0.29, 0.717) is 12.3 Å². The number of rotatable bonds is 3. The lowest BCUT2D eigenvalue weighted by Gasteiger charge is -2.24. The van der Waals surface area contributed by atoms with Gasteiger partial charge in [0.25, 0.3) is 0 Å². The third-order valence-corrected chi connectivity index (χ3v) is 7.03. The fourth-order valence-electron chi connectivity index (χ4n) is 4.58. The lowest BCUT2D eigenvalue weighted by atomic mass is 9.97. The van der Waals surface area contributed by atoms with Gasteiger partial charge in [-0.15, -0.1) is 11.3 Å². The first-order valence-electron chi connectivity index (χ1n) is 9.79. The van der Waals surface area contributed by atoms with Gasteiger partial charge in [-0.25, -0.2) is 9.97 Å². The first-order valence-corrected chi connectivity index (χ1v) is 10.6. The van der Waals surface area contributed by atoms with Gasteiger partial charge in [-0.2, -0.15) is 0 Å². The van der Waals surface area contributed by atoms with Crippen LogP contribution in [0.2, 0.25) is 0 Å². The van der Waals surface area contributed by atoms with Gasteiger partial charge in [0, 0.05) is 19.2 Å². The number of fused-ring (bicyclic) bond motifs is 2. The number of likely N-dealkylation sites (tertiary alicyclic amines) is 1. The number of carbonyl (C=O) groups is 1. The number of hydrogen-bond acceptors (Lipinski definition) is 4. The minimum Gasteiger partial charge on any atom is -0.333 e. The summed E-state index contributed by atoms with van der Waals surface area (Å²) in [6.45, 7) is 2.90. The van der Waals surface area contributed by atoms with Gasteiger partial charge >= 0.3 is 0 Å². The third kappa shape index (κ3) is 3.04. The molecule has 0 saturated carbocycles. The maximum absolute atomic E-state index is 13.2. The molecule has 1 fully saturated rings. The second-order valence-electron chi connectivity index (χ2n) is 7.77. The van der Waals surface area contributed by atoms with E-state index < -0.39 is 0 Å². The van der Waals surface area contributed by atoms with E-state index in [0.717, 1.165) is 53.1 Å². The Morgan fingerprint density at radius 2 is 2.19 bits per heavy atom. The van der Waals surface area contributed by atoms with Crippen molar-refractivity contribution in [3.05, 3.63) is 58.2 Å². The average Bonchev–Trinajstić information content (AvgIpc) is 3.39. The maximum atomic E-state index is 13.2. The lowest BCUT2D eigenvalue weighted by molar-refractivity contribution is -0.132. The predicted molar refractivity (Wildman–Crippen MR) is 108 cm³/mol. The number of carbonyl (C=O) groups excluding carboxylic acids is 1. The summed E-state index contributed by atoms with van der Waals surface area (Å²) in [7, 11) is 0. The van der Waals surface area contributed by atoms with Crippen LogP contribution in [0.3, 0.4) is 0 Å². The number of aromatic nitrogens is 2. The molecule has 5 rings (SSSR count). The Hall–Kier alpha value is -2.27. The highest BCUT2D eigenvalue weighted by molar-refractivity contribution is 7.18. The van der Waals surface area contributed by atoms with Crippen LogP contribution in [-0.4, -0.2) is 27.3 Å². The smallest absolute Gasteiger partial charge is 0.223 e. The Bertz CT molecular complexity index is 1010. The zero-order chi connectivity index (χ0) is 18.4. The second-order valence-corrected chi connectivity index (χ2v) is 8.83. The lowest BCUT2D eigenvalue weighted by Crippen LogP contribution is -2.31. The summed E-state index contributed by atoms with van der Waals surface area (Å²) in [6, 6.07) is 10.9. The minimum atomic E-state index is 0.119. The first-order chi connectivity index (χ1) is 13.2. The molecule has 0 spiro atoms. The number of aryl methyl sites for hydroxylation is 2. The summed E-state index contributed by atoms with van der Waals surface area (Å²) in [5.41, 5.74) is 4.75. The van der Waals surface area contributed by atoms with Crippen molar-refractivity contribution in [1.82, 2.24) is 14.9 Å². The molecule has 2 aromatic heterocycles. The minimum absolute atomic E-state index is 0.119. The Morgan fingerprint density at radius 1 is 1.30 bits per heavy atom. The Kier molecular flexibility index (Phi) is 4.20. The fraction of sp³-hybridized carbons (Fsp3) is 0.409. The van der Waals surface area contributed by atoms with Crippen LogP contribution >= 0.6 is 11.3 Å². The van der Waals surface area contributed by atoms with Crippen LogP contribution in [0.25, 0.3) is 10.3 Å². The van der Waals surface area contributed by atoms with Crippen molar-refractivity contribution in [3.8, 4) is 0 Å². The van der Waals surface area contributed by atoms with Crippen LogP contribution in [0.15, 0.2) is 36.5 Å². The fourth-order valence-corrected chi connectivity index (χ4v) is 5.76. The summed E-state index contributed by atoms with van der Waals surface area (Å²) < 4.78 is 1.12. The van der Waals surface area contributed by atoms with Crippen molar-refractivity contribution in [2.45, 2.75) is 51.0 Å². The van der Waals surface area contributed by atoms with Crippen molar-refractivity contribution >= 4 is 27.6 Å². The number of benzene rings is 1. The van der Waals surface area contributed by atoms with E-state index in [9.17, 15) is 4.79 Å². The summed E-state index contributed by atoms with van der Waals surface area (Å²) in [5.74, 6) is 0.650. The molecule has 1 amide bonds. The van der Waals surface area contributed by atoms with Crippen LogP contribution < -0.4 is 0 Å². The number of pyridine rings is 1. The molecule has 0 radical (unpaired) electrons. The van der Waals surface area contributed by atoms with E-state index in [1.807, 2.05) is 6.20 Å². The Morgan fingerprint density at radius 3 is 3.11 bits per heavy atom. The van der Waals surface area contributed by atoms with E-state index in [4.69, 9.17) is 4.98 Å². The molecule has 27 heavy (non-hydrogen) atoms. The van der Waals surface area contributed by atoms with Crippen molar-refractivity contribution in [2.24, 2.45) is 0 Å². The molecular formula is C22H23N3OS. The van der Waals surface area contributed by atoms with Crippen LogP contribution in [0, 0.1) is 6.92 Å². The zero-order valence-corrected chi connectivity index (χ0v) is 16.3. The molecule has 5 heteroatoms. The van der Waals surface area contributed by atoms with Gasteiger partial charge in [-0.1, -0.05) is 24.3 Å². The standard InChI is InChI=1S/C22H23N3OS/c1-14-11-19-21(23-13-14)24-22(27-19)18-7-4-10-25(18)20(26)12-16-9-8-15-5-2-3-6-17(15)16/h2-3,5-6,11,13,16,18H,4,7-10,12H2,1H3/t16-,18+/m0/s1.